The minimum atomic E-state index is -0.927. The van der Waals surface area contributed by atoms with Gasteiger partial charge in [0.25, 0.3) is 0 Å². The highest BCUT2D eigenvalue weighted by atomic mass is 19.2. The van der Waals surface area contributed by atoms with Crippen LogP contribution in [0.25, 0.3) is 22.3 Å². The number of aromatic nitrogens is 8. The Morgan fingerprint density at radius 2 is 1.19 bits per heavy atom. The van der Waals surface area contributed by atoms with Crippen LogP contribution in [0, 0.1) is 34.6 Å². The van der Waals surface area contributed by atoms with Crippen LogP contribution in [0.2, 0.25) is 0 Å². The van der Waals surface area contributed by atoms with Crippen LogP contribution in [0.1, 0.15) is 85.9 Å². The van der Waals surface area contributed by atoms with Gasteiger partial charge in [-0.05, 0) is 56.6 Å². The van der Waals surface area contributed by atoms with Gasteiger partial charge in [0.05, 0.1) is 36.2 Å². The zero-order valence-corrected chi connectivity index (χ0v) is 38.6. The number of aliphatic hydroxyl groups is 2. The number of piperidine rings is 1. The van der Waals surface area contributed by atoms with Crippen LogP contribution in [0.5, 0.6) is 23.5 Å². The molecule has 2 saturated carbocycles. The van der Waals surface area contributed by atoms with E-state index in [2.05, 4.69) is 55.4 Å². The van der Waals surface area contributed by atoms with E-state index < -0.39 is 35.5 Å². The van der Waals surface area contributed by atoms with Crippen LogP contribution in [0.4, 0.5) is 40.6 Å². The highest BCUT2D eigenvalue weighted by Crippen LogP contribution is 2.54. The second-order valence-electron chi connectivity index (χ2n) is 19.0. The van der Waals surface area contributed by atoms with Gasteiger partial charge in [-0.15, -0.1) is 0 Å². The smallest absolute Gasteiger partial charge is 0.324 e. The molecule has 2 saturated heterocycles. The number of hydrogen-bond acceptors (Lipinski definition) is 18. The van der Waals surface area contributed by atoms with Crippen molar-refractivity contribution >= 4 is 23.0 Å². The summed E-state index contributed by atoms with van der Waals surface area (Å²) in [5.41, 5.74) is 17.4. The van der Waals surface area contributed by atoms with Gasteiger partial charge < -0.3 is 51.6 Å². The molecule has 12 rings (SSSR count). The number of nitrogens with zero attached hydrogens (tertiary/aromatic N) is 10. The van der Waals surface area contributed by atoms with Crippen LogP contribution in [-0.4, -0.2) is 102 Å². The minimum Gasteiger partial charge on any atom is -0.421 e. The van der Waals surface area contributed by atoms with Gasteiger partial charge in [-0.25, -0.2) is 37.5 Å². The first-order valence-electron chi connectivity index (χ1n) is 23.2. The number of nitrogens with two attached hydrogens (primary N) is 2. The summed E-state index contributed by atoms with van der Waals surface area (Å²) >= 11 is 0. The number of fused-ring (bicyclic) bond motifs is 8. The number of aliphatic hydroxyl groups excluding tert-OH is 2. The lowest BCUT2D eigenvalue weighted by atomic mass is 9.60. The van der Waals surface area contributed by atoms with Crippen LogP contribution >= 0.6 is 0 Å². The van der Waals surface area contributed by atoms with Gasteiger partial charge in [-0.1, -0.05) is 0 Å². The standard InChI is InChI=1S/2C24H25F2N7O2/c1-10(34)22-29-7-13(8-30-22)35-24-31-18-5-14-17(28-2)6-15(25)21(26)19(14)20(18)23(32-24)33-9-11-3-12(33)4-16(11)27;1-11(34)21-29-7-12(8-30-21)35-23-31-16-5-13-15(28-2)6-14(25)20(26)18(13)19(16)22(32-23)33-9-24(10-33)4-3-17(24)27/h6-8,10-12,16,28,34H,3-5,9,27H2,1-2H3;6-8,11,17,28,34H,3-5,9-10,27H2,1-2H3/t10-,11+,12?,16+;11-,17?/m00/s1. The lowest BCUT2D eigenvalue weighted by molar-refractivity contribution is 0.0558. The molecule has 6 aromatic rings. The van der Waals surface area contributed by atoms with E-state index in [-0.39, 0.29) is 58.3 Å². The summed E-state index contributed by atoms with van der Waals surface area (Å²) in [5.74, 6) is -1.18. The SMILES string of the molecule is CNc1cc(F)c(F)c2c1Cc1nc(Oc3cnc([C@H](C)O)nc3)nc(N3CC4(CCC4N)C3)c1-2.CNc1cc(F)c(F)c2c1Cc1nc(Oc3cnc([C@H](C)O)nc3)nc(N3C[C@H]4CC3C[C@H]4N)c1-2. The van der Waals surface area contributed by atoms with Gasteiger partial charge in [0, 0.05) is 116 Å². The molecular formula is C48H50F4N14O4. The summed E-state index contributed by atoms with van der Waals surface area (Å²) in [4.78, 5) is 39.0. The van der Waals surface area contributed by atoms with E-state index in [9.17, 15) is 19.0 Å². The number of hydrogen-bond donors (Lipinski definition) is 6. The highest BCUT2D eigenvalue weighted by molar-refractivity contribution is 5.90. The van der Waals surface area contributed by atoms with E-state index in [0.717, 1.165) is 31.7 Å². The molecule has 4 aliphatic carbocycles. The molecule has 22 heteroatoms. The Bertz CT molecular complexity index is 3050. The Kier molecular flexibility index (Phi) is 11.2. The van der Waals surface area contributed by atoms with E-state index in [1.165, 1.54) is 30.9 Å². The van der Waals surface area contributed by atoms with E-state index in [1.54, 1.807) is 27.9 Å². The third kappa shape index (κ3) is 7.54. The third-order valence-electron chi connectivity index (χ3n) is 14.7. The second kappa shape index (κ2) is 17.2. The Labute approximate surface area is 399 Å². The first-order chi connectivity index (χ1) is 33.6. The quantitative estimate of drug-likeness (QED) is 0.0879. The maximum absolute atomic E-state index is 15.2. The van der Waals surface area contributed by atoms with Gasteiger partial charge >= 0.3 is 12.0 Å². The molecule has 6 aliphatic rings. The van der Waals surface area contributed by atoms with Crippen molar-refractivity contribution < 1.29 is 37.2 Å². The Hall–Kier alpha value is -6.88. The average Bonchev–Trinajstić information content (AvgIpc) is 4.12. The van der Waals surface area contributed by atoms with Crippen molar-refractivity contribution in [2.24, 2.45) is 22.8 Å². The fourth-order valence-corrected chi connectivity index (χ4v) is 10.9. The second-order valence-corrected chi connectivity index (χ2v) is 19.0. The van der Waals surface area contributed by atoms with E-state index in [0.29, 0.717) is 107 Å². The van der Waals surface area contributed by atoms with Crippen molar-refractivity contribution in [3.8, 4) is 45.8 Å². The molecule has 0 amide bonds. The first kappa shape index (κ1) is 45.6. The molecule has 1 spiro atoms. The Morgan fingerprint density at radius 3 is 1.59 bits per heavy atom. The predicted octanol–water partition coefficient (Wildman–Crippen LogP) is 5.86. The van der Waals surface area contributed by atoms with Gasteiger partial charge in [0.15, 0.2) is 46.4 Å². The Balaban J connectivity index is 0.000000152. The topological polar surface area (TPSA) is 245 Å². The largest absolute Gasteiger partial charge is 0.421 e. The lowest BCUT2D eigenvalue weighted by Crippen LogP contribution is -2.69. The fourth-order valence-electron chi connectivity index (χ4n) is 10.9. The highest BCUT2D eigenvalue weighted by Gasteiger charge is 2.54. The van der Waals surface area contributed by atoms with Crippen LogP contribution in [0.15, 0.2) is 36.9 Å². The molecule has 364 valence electrons. The number of nitrogens with one attached hydrogen (secondary N) is 2. The monoisotopic (exact) mass is 962 g/mol. The van der Waals surface area contributed by atoms with E-state index in [1.807, 2.05) is 4.90 Å². The summed E-state index contributed by atoms with van der Waals surface area (Å²) in [5, 5.41) is 25.2. The number of halogens is 4. The number of anilines is 4. The third-order valence-corrected chi connectivity index (χ3v) is 14.7. The molecule has 4 aromatic heterocycles. The minimum absolute atomic E-state index is 0.0432. The number of rotatable bonds is 10. The van der Waals surface area contributed by atoms with Crippen molar-refractivity contribution in [3.05, 3.63) is 94.4 Å². The van der Waals surface area contributed by atoms with Gasteiger partial charge in [0.1, 0.15) is 23.8 Å². The molecule has 8 N–H and O–H groups in total. The first-order valence-corrected chi connectivity index (χ1v) is 23.2. The van der Waals surface area contributed by atoms with Gasteiger partial charge in [0.2, 0.25) is 0 Å². The van der Waals surface area contributed by atoms with Crippen molar-refractivity contribution in [1.29, 1.82) is 0 Å². The lowest BCUT2D eigenvalue weighted by Gasteiger charge is -2.60. The molecule has 70 heavy (non-hydrogen) atoms. The van der Waals surface area contributed by atoms with E-state index >= 15 is 8.78 Å². The van der Waals surface area contributed by atoms with E-state index in [4.69, 9.17) is 20.9 Å². The maximum Gasteiger partial charge on any atom is 0.324 e. The van der Waals surface area contributed by atoms with Crippen molar-refractivity contribution in [2.75, 3.05) is 54.2 Å². The predicted molar refractivity (Wildman–Crippen MR) is 249 cm³/mol. The number of ether oxygens (including phenoxy) is 2. The summed E-state index contributed by atoms with van der Waals surface area (Å²) in [6, 6.07) is 2.89. The van der Waals surface area contributed by atoms with Crippen LogP contribution in [0.3, 0.4) is 0 Å². The molecule has 4 fully saturated rings. The normalized spacial score (nSPS) is 21.4. The maximum atomic E-state index is 15.2. The average molecular weight is 963 g/mol. The molecule has 2 bridgehead atoms. The van der Waals surface area contributed by atoms with Crippen molar-refractivity contribution in [1.82, 2.24) is 39.9 Å². The summed E-state index contributed by atoms with van der Waals surface area (Å²) < 4.78 is 71.1. The van der Waals surface area contributed by atoms with Crippen LogP contribution in [-0.2, 0) is 12.8 Å². The molecular weight excluding hydrogens is 913 g/mol. The molecule has 6 atom stereocenters. The van der Waals surface area contributed by atoms with Gasteiger partial charge in [-0.2, -0.15) is 19.9 Å². The zero-order chi connectivity index (χ0) is 48.9. The van der Waals surface area contributed by atoms with Crippen molar-refractivity contribution in [2.45, 2.75) is 82.7 Å². The van der Waals surface area contributed by atoms with Gasteiger partial charge in [-0.3, -0.25) is 0 Å². The Morgan fingerprint density at radius 1 is 0.700 bits per heavy atom. The van der Waals surface area contributed by atoms with Crippen molar-refractivity contribution in [3.63, 3.8) is 0 Å². The molecule has 6 heterocycles. The zero-order valence-electron chi connectivity index (χ0n) is 38.6. The molecule has 0 radical (unpaired) electrons. The van der Waals surface area contributed by atoms with Crippen LogP contribution < -0.4 is 41.4 Å². The summed E-state index contributed by atoms with van der Waals surface area (Å²) in [6.07, 6.45) is 8.51. The molecule has 2 aliphatic heterocycles. The number of benzene rings is 2. The molecule has 18 nitrogen and oxygen atoms in total. The summed E-state index contributed by atoms with van der Waals surface area (Å²) in [7, 11) is 3.35. The molecule has 2 aromatic carbocycles. The molecule has 2 unspecified atom stereocenters. The fraction of sp³-hybridized carbons (Fsp3) is 0.417. The summed E-state index contributed by atoms with van der Waals surface area (Å²) in [6.45, 7) is 5.20.